The molecule has 0 aliphatic carbocycles. The number of anilines is 2. The van der Waals surface area contributed by atoms with Crippen molar-refractivity contribution < 1.29 is 4.79 Å². The Kier molecular flexibility index (Phi) is 3.11. The van der Waals surface area contributed by atoms with Crippen molar-refractivity contribution in [2.24, 2.45) is 7.05 Å². The maximum atomic E-state index is 12.2. The zero-order chi connectivity index (χ0) is 14.3. The van der Waals surface area contributed by atoms with E-state index in [0.29, 0.717) is 21.4 Å². The van der Waals surface area contributed by atoms with Crippen LogP contribution < -0.4 is 11.1 Å². The summed E-state index contributed by atoms with van der Waals surface area (Å²) in [6, 6.07) is 7.12. The van der Waals surface area contributed by atoms with Crippen molar-refractivity contribution in [3.8, 4) is 0 Å². The number of amides is 1. The van der Waals surface area contributed by atoms with E-state index in [2.05, 4.69) is 10.4 Å². The minimum absolute atomic E-state index is 0.265. The molecule has 0 radical (unpaired) electrons. The predicted octanol–water partition coefficient (Wildman–Crippen LogP) is 3.12. The van der Waals surface area contributed by atoms with E-state index in [1.54, 1.807) is 36.1 Å². The van der Waals surface area contributed by atoms with Crippen LogP contribution in [0.15, 0.2) is 30.5 Å². The highest BCUT2D eigenvalue weighted by atomic mass is 35.5. The Balaban J connectivity index is 1.97. The van der Waals surface area contributed by atoms with E-state index < -0.39 is 0 Å². The van der Waals surface area contributed by atoms with Crippen LogP contribution in [0.5, 0.6) is 0 Å². The Hall–Kier alpha value is -2.05. The predicted molar refractivity (Wildman–Crippen MR) is 82.4 cm³/mol. The fourth-order valence-corrected chi connectivity index (χ4v) is 3.08. The molecule has 1 aromatic carbocycles. The quantitative estimate of drug-likeness (QED) is 0.764. The van der Waals surface area contributed by atoms with E-state index in [-0.39, 0.29) is 5.91 Å². The highest BCUT2D eigenvalue weighted by Gasteiger charge is 2.17. The van der Waals surface area contributed by atoms with Crippen molar-refractivity contribution in [1.82, 2.24) is 9.78 Å². The molecule has 0 saturated heterocycles. The van der Waals surface area contributed by atoms with Crippen molar-refractivity contribution in [2.45, 2.75) is 0 Å². The molecule has 0 atom stereocenters. The fraction of sp³-hybridized carbons (Fsp3) is 0.0769. The number of thiophene rings is 1. The van der Waals surface area contributed by atoms with Gasteiger partial charge in [0.05, 0.1) is 5.69 Å². The fourth-order valence-electron chi connectivity index (χ4n) is 1.91. The Bertz CT molecular complexity index is 808. The number of benzene rings is 1. The van der Waals surface area contributed by atoms with E-state index >= 15 is 0 Å². The lowest BCUT2D eigenvalue weighted by atomic mass is 10.2. The maximum Gasteiger partial charge on any atom is 0.269 e. The van der Waals surface area contributed by atoms with E-state index in [1.807, 2.05) is 6.07 Å². The van der Waals surface area contributed by atoms with Crippen LogP contribution in [0.3, 0.4) is 0 Å². The molecule has 0 aliphatic rings. The molecule has 5 nitrogen and oxygen atoms in total. The Morgan fingerprint density at radius 3 is 2.95 bits per heavy atom. The van der Waals surface area contributed by atoms with Crippen molar-refractivity contribution in [3.05, 3.63) is 40.4 Å². The Morgan fingerprint density at radius 2 is 2.25 bits per heavy atom. The molecule has 3 rings (SSSR count). The zero-order valence-electron chi connectivity index (χ0n) is 10.6. The molecule has 1 amide bonds. The van der Waals surface area contributed by atoms with Crippen LogP contribution in [0.4, 0.5) is 11.5 Å². The maximum absolute atomic E-state index is 12.2. The number of hydrogen-bond acceptors (Lipinski definition) is 4. The Labute approximate surface area is 124 Å². The monoisotopic (exact) mass is 306 g/mol. The van der Waals surface area contributed by atoms with Gasteiger partial charge in [0.25, 0.3) is 5.91 Å². The van der Waals surface area contributed by atoms with Crippen LogP contribution in [0.25, 0.3) is 10.1 Å². The number of halogens is 1. The van der Waals surface area contributed by atoms with Crippen LogP contribution in [-0.2, 0) is 7.05 Å². The summed E-state index contributed by atoms with van der Waals surface area (Å²) >= 11 is 7.28. The standard InChI is InChI=1S/C13H11ClN4OS/c1-18-5-4-10(17-18)16-13(19)12-11(15)8-6-7(14)2-3-9(8)20-12/h2-6H,15H2,1H3,(H,16,17,19). The third-order valence-corrected chi connectivity index (χ3v) is 4.27. The number of aromatic nitrogens is 2. The summed E-state index contributed by atoms with van der Waals surface area (Å²) in [5, 5.41) is 8.22. The lowest BCUT2D eigenvalue weighted by Gasteiger charge is -2.00. The number of hydrogen-bond donors (Lipinski definition) is 2. The van der Waals surface area contributed by atoms with Gasteiger partial charge in [-0.05, 0) is 18.2 Å². The van der Waals surface area contributed by atoms with Gasteiger partial charge in [0.2, 0.25) is 0 Å². The number of rotatable bonds is 2. The summed E-state index contributed by atoms with van der Waals surface area (Å²) in [4.78, 5) is 12.7. The second kappa shape index (κ2) is 4.81. The highest BCUT2D eigenvalue weighted by molar-refractivity contribution is 7.21. The van der Waals surface area contributed by atoms with Gasteiger partial charge in [-0.25, -0.2) is 0 Å². The average molecular weight is 307 g/mol. The molecule has 3 aromatic rings. The summed E-state index contributed by atoms with van der Waals surface area (Å²) in [6.07, 6.45) is 1.75. The van der Waals surface area contributed by atoms with Crippen molar-refractivity contribution in [2.75, 3.05) is 11.1 Å². The number of nitrogens with one attached hydrogen (secondary N) is 1. The van der Waals surface area contributed by atoms with E-state index in [1.165, 1.54) is 11.3 Å². The second-order valence-electron chi connectivity index (χ2n) is 4.31. The average Bonchev–Trinajstić information content (AvgIpc) is 2.94. The van der Waals surface area contributed by atoms with Crippen molar-refractivity contribution in [1.29, 1.82) is 0 Å². The first-order valence-electron chi connectivity index (χ1n) is 5.83. The van der Waals surface area contributed by atoms with Gasteiger partial charge in [0.15, 0.2) is 5.82 Å². The summed E-state index contributed by atoms with van der Waals surface area (Å²) in [5.41, 5.74) is 6.48. The molecule has 2 aromatic heterocycles. The largest absolute Gasteiger partial charge is 0.397 e. The summed E-state index contributed by atoms with van der Waals surface area (Å²) in [7, 11) is 1.78. The van der Waals surface area contributed by atoms with Gasteiger partial charge >= 0.3 is 0 Å². The van der Waals surface area contributed by atoms with Crippen LogP contribution in [0, 0.1) is 0 Å². The number of aryl methyl sites for hydroxylation is 1. The lowest BCUT2D eigenvalue weighted by molar-refractivity contribution is 0.103. The second-order valence-corrected chi connectivity index (χ2v) is 5.80. The molecule has 0 spiro atoms. The van der Waals surface area contributed by atoms with Gasteiger partial charge in [-0.3, -0.25) is 9.48 Å². The molecule has 2 heterocycles. The highest BCUT2D eigenvalue weighted by Crippen LogP contribution is 2.35. The number of fused-ring (bicyclic) bond motifs is 1. The SMILES string of the molecule is Cn1ccc(NC(=O)c2sc3ccc(Cl)cc3c2N)n1. The van der Waals surface area contributed by atoms with Crippen LogP contribution in [0.2, 0.25) is 5.02 Å². The van der Waals surface area contributed by atoms with Crippen molar-refractivity contribution >= 4 is 50.4 Å². The number of carbonyl (C=O) groups is 1. The van der Waals surface area contributed by atoms with E-state index in [4.69, 9.17) is 17.3 Å². The summed E-state index contributed by atoms with van der Waals surface area (Å²) in [6.45, 7) is 0. The number of carbonyl (C=O) groups excluding carboxylic acids is 1. The minimum Gasteiger partial charge on any atom is -0.397 e. The third kappa shape index (κ3) is 2.23. The summed E-state index contributed by atoms with van der Waals surface area (Å²) in [5.74, 6) is 0.228. The van der Waals surface area contributed by atoms with Crippen molar-refractivity contribution in [3.63, 3.8) is 0 Å². The molecular formula is C13H11ClN4OS. The number of nitrogens with zero attached hydrogens (tertiary/aromatic N) is 2. The smallest absolute Gasteiger partial charge is 0.269 e. The first-order chi connectivity index (χ1) is 9.54. The molecule has 0 unspecified atom stereocenters. The van der Waals surface area contributed by atoms with Gasteiger partial charge in [-0.2, -0.15) is 5.10 Å². The van der Waals surface area contributed by atoms with Crippen LogP contribution >= 0.6 is 22.9 Å². The topological polar surface area (TPSA) is 72.9 Å². The number of nitrogen functional groups attached to an aromatic ring is 1. The molecular weight excluding hydrogens is 296 g/mol. The molecule has 0 fully saturated rings. The number of nitrogens with two attached hydrogens (primary N) is 1. The molecule has 20 heavy (non-hydrogen) atoms. The third-order valence-electron chi connectivity index (χ3n) is 2.85. The van der Waals surface area contributed by atoms with Gasteiger partial charge in [0.1, 0.15) is 4.88 Å². The first kappa shape index (κ1) is 13.0. The summed E-state index contributed by atoms with van der Waals surface area (Å²) < 4.78 is 2.54. The molecule has 0 saturated carbocycles. The van der Waals surface area contributed by atoms with Gasteiger partial charge in [0, 0.05) is 34.4 Å². The minimum atomic E-state index is -0.265. The van der Waals surface area contributed by atoms with Gasteiger partial charge < -0.3 is 11.1 Å². The normalized spacial score (nSPS) is 10.9. The van der Waals surface area contributed by atoms with E-state index in [0.717, 1.165) is 10.1 Å². The Morgan fingerprint density at radius 1 is 1.45 bits per heavy atom. The molecule has 3 N–H and O–H groups in total. The van der Waals surface area contributed by atoms with Crippen LogP contribution in [0.1, 0.15) is 9.67 Å². The van der Waals surface area contributed by atoms with E-state index in [9.17, 15) is 4.79 Å². The first-order valence-corrected chi connectivity index (χ1v) is 7.02. The van der Waals surface area contributed by atoms with Crippen LogP contribution in [-0.4, -0.2) is 15.7 Å². The zero-order valence-corrected chi connectivity index (χ0v) is 12.1. The lowest BCUT2D eigenvalue weighted by Crippen LogP contribution is -2.12. The molecule has 102 valence electrons. The molecule has 7 heteroatoms. The molecule has 0 bridgehead atoms. The van der Waals surface area contributed by atoms with Gasteiger partial charge in [-0.1, -0.05) is 11.6 Å². The van der Waals surface area contributed by atoms with Gasteiger partial charge in [-0.15, -0.1) is 11.3 Å². The molecule has 0 aliphatic heterocycles.